The van der Waals surface area contributed by atoms with Crippen LogP contribution in [0, 0.1) is 0 Å². The second-order valence-electron chi connectivity index (χ2n) is 5.80. The van der Waals surface area contributed by atoms with Crippen molar-refractivity contribution < 1.29 is 4.79 Å². The maximum absolute atomic E-state index is 12.1. The van der Waals surface area contributed by atoms with Gasteiger partial charge in [-0.15, -0.1) is 0 Å². The van der Waals surface area contributed by atoms with Crippen LogP contribution in [0.1, 0.15) is 38.1 Å². The predicted molar refractivity (Wildman–Crippen MR) is 82.9 cm³/mol. The summed E-state index contributed by atoms with van der Waals surface area (Å²) in [7, 11) is 1.99. The zero-order chi connectivity index (χ0) is 14.8. The average molecular weight is 286 g/mol. The fraction of sp³-hybridized carbons (Fsp3) is 0.500. The molecular formula is C16H22N4O. The average Bonchev–Trinajstić information content (AvgIpc) is 3.07. The summed E-state index contributed by atoms with van der Waals surface area (Å²) in [5.74, 6) is 0.984. The number of nitrogens with one attached hydrogen (secondary N) is 2. The van der Waals surface area contributed by atoms with Crippen LogP contribution >= 0.6 is 0 Å². The molecule has 1 fully saturated rings. The Balaban J connectivity index is 1.69. The molecule has 1 aliphatic heterocycles. The van der Waals surface area contributed by atoms with Gasteiger partial charge in [-0.05, 0) is 38.4 Å². The Morgan fingerprint density at radius 1 is 1.52 bits per heavy atom. The molecular weight excluding hydrogens is 264 g/mol. The number of benzene rings is 1. The smallest absolute Gasteiger partial charge is 0.222 e. The van der Waals surface area contributed by atoms with Gasteiger partial charge in [0.05, 0.1) is 17.1 Å². The van der Waals surface area contributed by atoms with E-state index in [9.17, 15) is 4.79 Å². The highest BCUT2D eigenvalue weighted by molar-refractivity contribution is 5.78. The van der Waals surface area contributed by atoms with Crippen molar-refractivity contribution in [2.24, 2.45) is 7.05 Å². The molecule has 1 aromatic heterocycles. The highest BCUT2D eigenvalue weighted by atomic mass is 16.1. The fourth-order valence-electron chi connectivity index (χ4n) is 3.07. The molecule has 21 heavy (non-hydrogen) atoms. The minimum atomic E-state index is -0.0868. The SMILES string of the molecule is CC(NC(=O)CC1CCCN1)c1nc2ccccc2n1C. The van der Waals surface area contributed by atoms with Gasteiger partial charge in [0.25, 0.3) is 0 Å². The van der Waals surface area contributed by atoms with Gasteiger partial charge in [-0.2, -0.15) is 0 Å². The van der Waals surface area contributed by atoms with Crippen molar-refractivity contribution in [2.75, 3.05) is 6.54 Å². The Hall–Kier alpha value is -1.88. The Bertz CT molecular complexity index is 643. The number of imidazole rings is 1. The summed E-state index contributed by atoms with van der Waals surface area (Å²) in [4.78, 5) is 16.8. The first-order valence-corrected chi connectivity index (χ1v) is 7.59. The first kappa shape index (κ1) is 14.1. The first-order chi connectivity index (χ1) is 10.1. The van der Waals surface area contributed by atoms with E-state index in [0.29, 0.717) is 12.5 Å². The number of aromatic nitrogens is 2. The molecule has 2 aromatic rings. The Labute approximate surface area is 124 Å². The number of aryl methyl sites for hydroxylation is 1. The van der Waals surface area contributed by atoms with E-state index in [0.717, 1.165) is 36.2 Å². The van der Waals surface area contributed by atoms with Gasteiger partial charge in [0.15, 0.2) is 0 Å². The normalized spacial score (nSPS) is 19.8. The Kier molecular flexibility index (Phi) is 3.92. The van der Waals surface area contributed by atoms with Crippen LogP contribution in [-0.4, -0.2) is 28.0 Å². The third-order valence-corrected chi connectivity index (χ3v) is 4.18. The lowest BCUT2D eigenvalue weighted by Gasteiger charge is -2.16. The quantitative estimate of drug-likeness (QED) is 0.902. The first-order valence-electron chi connectivity index (χ1n) is 7.59. The highest BCUT2D eigenvalue weighted by Gasteiger charge is 2.20. The van der Waals surface area contributed by atoms with Crippen molar-refractivity contribution in [1.29, 1.82) is 0 Å². The predicted octanol–water partition coefficient (Wildman–Crippen LogP) is 1.89. The van der Waals surface area contributed by atoms with Crippen molar-refractivity contribution in [2.45, 2.75) is 38.3 Å². The summed E-state index contributed by atoms with van der Waals surface area (Å²) in [6.07, 6.45) is 2.81. The van der Waals surface area contributed by atoms with E-state index in [-0.39, 0.29) is 11.9 Å². The zero-order valence-electron chi connectivity index (χ0n) is 12.6. The minimum absolute atomic E-state index is 0.0868. The molecule has 5 heteroatoms. The number of carbonyl (C=O) groups excluding carboxylic acids is 1. The summed E-state index contributed by atoms with van der Waals surface area (Å²) in [5.41, 5.74) is 2.06. The fourth-order valence-corrected chi connectivity index (χ4v) is 3.07. The molecule has 5 nitrogen and oxygen atoms in total. The molecule has 0 saturated carbocycles. The second kappa shape index (κ2) is 5.85. The van der Waals surface area contributed by atoms with E-state index >= 15 is 0 Å². The molecule has 2 unspecified atom stereocenters. The van der Waals surface area contributed by atoms with Crippen LogP contribution in [0.25, 0.3) is 11.0 Å². The van der Waals surface area contributed by atoms with Gasteiger partial charge in [-0.3, -0.25) is 4.79 Å². The molecule has 0 aliphatic carbocycles. The number of amides is 1. The van der Waals surface area contributed by atoms with Gasteiger partial charge in [0, 0.05) is 19.5 Å². The number of fused-ring (bicyclic) bond motifs is 1. The van der Waals surface area contributed by atoms with Gasteiger partial charge in [-0.1, -0.05) is 12.1 Å². The van der Waals surface area contributed by atoms with Crippen LogP contribution in [-0.2, 0) is 11.8 Å². The number of hydrogen-bond acceptors (Lipinski definition) is 3. The van der Waals surface area contributed by atoms with Crippen molar-refractivity contribution in [3.05, 3.63) is 30.1 Å². The van der Waals surface area contributed by atoms with Gasteiger partial charge in [0.2, 0.25) is 5.91 Å². The molecule has 0 radical (unpaired) electrons. The molecule has 2 heterocycles. The lowest BCUT2D eigenvalue weighted by molar-refractivity contribution is -0.122. The van der Waals surface area contributed by atoms with Crippen LogP contribution in [0.5, 0.6) is 0 Å². The molecule has 2 N–H and O–H groups in total. The van der Waals surface area contributed by atoms with E-state index in [2.05, 4.69) is 15.6 Å². The highest BCUT2D eigenvalue weighted by Crippen LogP contribution is 2.19. The monoisotopic (exact) mass is 286 g/mol. The molecule has 3 rings (SSSR count). The summed E-state index contributed by atoms with van der Waals surface area (Å²) in [6, 6.07) is 8.27. The number of para-hydroxylation sites is 2. The zero-order valence-corrected chi connectivity index (χ0v) is 12.6. The third kappa shape index (κ3) is 2.93. The maximum Gasteiger partial charge on any atom is 0.222 e. The summed E-state index contributed by atoms with van der Waals surface area (Å²) in [6.45, 7) is 3.01. The molecule has 1 saturated heterocycles. The molecule has 1 amide bonds. The Morgan fingerprint density at radius 2 is 2.33 bits per heavy atom. The number of nitrogens with zero attached hydrogens (tertiary/aromatic N) is 2. The Morgan fingerprint density at radius 3 is 3.05 bits per heavy atom. The second-order valence-corrected chi connectivity index (χ2v) is 5.80. The molecule has 1 aromatic carbocycles. The lowest BCUT2D eigenvalue weighted by Crippen LogP contribution is -2.34. The summed E-state index contributed by atoms with van der Waals surface area (Å²) in [5, 5.41) is 6.41. The maximum atomic E-state index is 12.1. The summed E-state index contributed by atoms with van der Waals surface area (Å²) < 4.78 is 2.05. The molecule has 2 atom stereocenters. The molecule has 112 valence electrons. The van der Waals surface area contributed by atoms with Crippen molar-refractivity contribution in [1.82, 2.24) is 20.2 Å². The third-order valence-electron chi connectivity index (χ3n) is 4.18. The van der Waals surface area contributed by atoms with Crippen LogP contribution in [0.2, 0.25) is 0 Å². The number of hydrogen-bond donors (Lipinski definition) is 2. The van der Waals surface area contributed by atoms with Crippen LogP contribution in [0.3, 0.4) is 0 Å². The van der Waals surface area contributed by atoms with Crippen molar-refractivity contribution in [3.8, 4) is 0 Å². The van der Waals surface area contributed by atoms with E-state index in [1.807, 2.05) is 42.8 Å². The van der Waals surface area contributed by atoms with Crippen LogP contribution in [0.15, 0.2) is 24.3 Å². The van der Waals surface area contributed by atoms with Crippen LogP contribution in [0.4, 0.5) is 0 Å². The van der Waals surface area contributed by atoms with E-state index in [1.54, 1.807) is 0 Å². The van der Waals surface area contributed by atoms with Gasteiger partial charge >= 0.3 is 0 Å². The van der Waals surface area contributed by atoms with Crippen molar-refractivity contribution in [3.63, 3.8) is 0 Å². The van der Waals surface area contributed by atoms with Gasteiger partial charge in [-0.25, -0.2) is 4.98 Å². The van der Waals surface area contributed by atoms with Gasteiger partial charge in [0.1, 0.15) is 5.82 Å². The standard InChI is InChI=1S/C16H22N4O/c1-11(18-15(21)10-12-6-5-9-17-12)16-19-13-7-3-4-8-14(13)20(16)2/h3-4,7-8,11-12,17H,5-6,9-10H2,1-2H3,(H,18,21). The van der Waals surface area contributed by atoms with Gasteiger partial charge < -0.3 is 15.2 Å². The van der Waals surface area contributed by atoms with Crippen molar-refractivity contribution >= 4 is 16.9 Å². The van der Waals surface area contributed by atoms with E-state index < -0.39 is 0 Å². The minimum Gasteiger partial charge on any atom is -0.346 e. The van der Waals surface area contributed by atoms with Crippen LogP contribution < -0.4 is 10.6 Å². The largest absolute Gasteiger partial charge is 0.346 e. The summed E-state index contributed by atoms with van der Waals surface area (Å²) >= 11 is 0. The lowest BCUT2D eigenvalue weighted by atomic mass is 10.1. The molecule has 0 bridgehead atoms. The number of carbonyl (C=O) groups is 1. The molecule has 1 aliphatic rings. The topological polar surface area (TPSA) is 59.0 Å². The molecule has 0 spiro atoms. The van der Waals surface area contributed by atoms with E-state index in [4.69, 9.17) is 0 Å². The van der Waals surface area contributed by atoms with E-state index in [1.165, 1.54) is 0 Å². The number of rotatable bonds is 4.